The molecule has 0 aliphatic carbocycles. The van der Waals surface area contributed by atoms with Crippen molar-refractivity contribution in [3.63, 3.8) is 0 Å². The van der Waals surface area contributed by atoms with Crippen LogP contribution in [0.2, 0.25) is 10.0 Å². The number of hydrogen-bond donors (Lipinski definition) is 2. The number of nitrogens with one attached hydrogen (secondary N) is 2. The molecule has 2 aromatic heterocycles. The largest absolute Gasteiger partial charge is 0.339 e. The number of rotatable bonds is 4. The molecule has 1 amide bonds. The summed E-state index contributed by atoms with van der Waals surface area (Å²) >= 11 is 13.2. The van der Waals surface area contributed by atoms with Crippen LogP contribution in [0.25, 0.3) is 0 Å². The van der Waals surface area contributed by atoms with Gasteiger partial charge in [0.15, 0.2) is 11.6 Å². The van der Waals surface area contributed by atoms with E-state index < -0.39 is 0 Å². The smallest absolute Gasteiger partial charge is 0.266 e. The van der Waals surface area contributed by atoms with Crippen LogP contribution >= 0.6 is 34.5 Å². The highest BCUT2D eigenvalue weighted by molar-refractivity contribution is 7.12. The van der Waals surface area contributed by atoms with Crippen molar-refractivity contribution < 1.29 is 4.79 Å². The fourth-order valence-electron chi connectivity index (χ4n) is 1.83. The topological polar surface area (TPSA) is 66.9 Å². The van der Waals surface area contributed by atoms with Gasteiger partial charge in [0.05, 0.1) is 4.88 Å². The second-order valence-corrected chi connectivity index (χ2v) is 6.34. The van der Waals surface area contributed by atoms with E-state index in [2.05, 4.69) is 20.8 Å². The van der Waals surface area contributed by atoms with Crippen LogP contribution in [0.15, 0.2) is 47.8 Å². The minimum atomic E-state index is -0.211. The zero-order valence-electron chi connectivity index (χ0n) is 11.6. The molecule has 2 N–H and O–H groups in total. The highest BCUT2D eigenvalue weighted by Crippen LogP contribution is 2.24. The van der Waals surface area contributed by atoms with Gasteiger partial charge in [0.25, 0.3) is 5.91 Å². The van der Waals surface area contributed by atoms with Gasteiger partial charge in [0.1, 0.15) is 0 Å². The quantitative estimate of drug-likeness (QED) is 0.694. The predicted molar refractivity (Wildman–Crippen MR) is 94.0 cm³/mol. The maximum Gasteiger partial charge on any atom is 0.266 e. The second-order valence-electron chi connectivity index (χ2n) is 4.52. The van der Waals surface area contributed by atoms with Gasteiger partial charge in [-0.05, 0) is 41.8 Å². The van der Waals surface area contributed by atoms with Gasteiger partial charge < -0.3 is 10.6 Å². The minimum Gasteiger partial charge on any atom is -0.339 e. The van der Waals surface area contributed by atoms with E-state index in [-0.39, 0.29) is 5.91 Å². The molecule has 3 aromatic rings. The highest BCUT2D eigenvalue weighted by Gasteiger charge is 2.08. The van der Waals surface area contributed by atoms with Gasteiger partial charge in [-0.25, -0.2) is 0 Å². The van der Waals surface area contributed by atoms with Gasteiger partial charge in [-0.15, -0.1) is 21.5 Å². The molecular formula is C15H10Cl2N4OS. The molecule has 5 nitrogen and oxygen atoms in total. The molecule has 0 atom stereocenters. The Labute approximate surface area is 146 Å². The number of amides is 1. The van der Waals surface area contributed by atoms with Crippen molar-refractivity contribution in [1.82, 2.24) is 10.2 Å². The summed E-state index contributed by atoms with van der Waals surface area (Å²) in [7, 11) is 0. The summed E-state index contributed by atoms with van der Waals surface area (Å²) < 4.78 is 0. The number of carbonyl (C=O) groups is 1. The van der Waals surface area contributed by atoms with Crippen molar-refractivity contribution in [2.75, 3.05) is 10.6 Å². The number of thiophene rings is 1. The molecule has 0 radical (unpaired) electrons. The summed E-state index contributed by atoms with van der Waals surface area (Å²) in [4.78, 5) is 12.5. The maximum atomic E-state index is 11.9. The number of anilines is 3. The standard InChI is InChI=1S/C15H10Cl2N4OS/c16-9-6-10(17)8-11(7-9)18-13-3-4-14(21-20-13)19-15(22)12-2-1-5-23-12/h1-8H,(H,18,20)(H,19,21,22). The van der Waals surface area contributed by atoms with E-state index in [1.165, 1.54) is 11.3 Å². The van der Waals surface area contributed by atoms with Crippen LogP contribution < -0.4 is 10.6 Å². The van der Waals surface area contributed by atoms with Crippen molar-refractivity contribution in [1.29, 1.82) is 0 Å². The second kappa shape index (κ2) is 6.95. The number of aromatic nitrogens is 2. The van der Waals surface area contributed by atoms with Gasteiger partial charge in [-0.3, -0.25) is 4.79 Å². The molecule has 0 aliphatic heterocycles. The Balaban J connectivity index is 1.68. The number of nitrogens with zero attached hydrogens (tertiary/aromatic N) is 2. The Morgan fingerprint density at radius 3 is 2.30 bits per heavy atom. The molecule has 116 valence electrons. The van der Waals surface area contributed by atoms with Gasteiger partial charge in [-0.2, -0.15) is 0 Å². The summed E-state index contributed by atoms with van der Waals surface area (Å²) in [6.45, 7) is 0. The third kappa shape index (κ3) is 4.19. The summed E-state index contributed by atoms with van der Waals surface area (Å²) in [5.41, 5.74) is 0.701. The highest BCUT2D eigenvalue weighted by atomic mass is 35.5. The average molecular weight is 365 g/mol. The monoisotopic (exact) mass is 364 g/mol. The lowest BCUT2D eigenvalue weighted by Gasteiger charge is -2.07. The Hall–Kier alpha value is -2.15. The van der Waals surface area contributed by atoms with Crippen molar-refractivity contribution in [2.45, 2.75) is 0 Å². The van der Waals surface area contributed by atoms with Crippen molar-refractivity contribution in [3.8, 4) is 0 Å². The van der Waals surface area contributed by atoms with Crippen LogP contribution in [-0.2, 0) is 0 Å². The van der Waals surface area contributed by atoms with E-state index in [4.69, 9.17) is 23.2 Å². The number of benzene rings is 1. The molecule has 2 heterocycles. The number of hydrogen-bond acceptors (Lipinski definition) is 5. The predicted octanol–water partition coefficient (Wildman–Crippen LogP) is 4.84. The lowest BCUT2D eigenvalue weighted by atomic mass is 10.3. The average Bonchev–Trinajstić information content (AvgIpc) is 3.02. The Bertz CT molecular complexity index is 802. The molecule has 0 saturated heterocycles. The molecule has 0 spiro atoms. The van der Waals surface area contributed by atoms with Crippen molar-refractivity contribution >= 4 is 57.8 Å². The maximum absolute atomic E-state index is 11.9. The molecule has 8 heteroatoms. The van der Waals surface area contributed by atoms with Gasteiger partial charge in [0.2, 0.25) is 0 Å². The van der Waals surface area contributed by atoms with E-state index in [0.717, 1.165) is 0 Å². The molecule has 0 aliphatic rings. The third-order valence-electron chi connectivity index (χ3n) is 2.79. The molecule has 0 fully saturated rings. The van der Waals surface area contributed by atoms with Crippen LogP contribution in [0.4, 0.5) is 17.3 Å². The van der Waals surface area contributed by atoms with Crippen LogP contribution in [0.1, 0.15) is 9.67 Å². The van der Waals surface area contributed by atoms with E-state index in [9.17, 15) is 4.79 Å². The lowest BCUT2D eigenvalue weighted by Crippen LogP contribution is -2.12. The molecule has 3 rings (SSSR count). The zero-order chi connectivity index (χ0) is 16.2. The fraction of sp³-hybridized carbons (Fsp3) is 0. The Kier molecular flexibility index (Phi) is 4.76. The van der Waals surface area contributed by atoms with Gasteiger partial charge in [0, 0.05) is 15.7 Å². The van der Waals surface area contributed by atoms with E-state index in [0.29, 0.717) is 32.2 Å². The van der Waals surface area contributed by atoms with Crippen LogP contribution in [0.5, 0.6) is 0 Å². The summed E-state index contributed by atoms with van der Waals surface area (Å²) in [5.74, 6) is 0.673. The number of halogens is 2. The van der Waals surface area contributed by atoms with Crippen LogP contribution in [0.3, 0.4) is 0 Å². The first-order valence-electron chi connectivity index (χ1n) is 6.52. The number of carbonyl (C=O) groups excluding carboxylic acids is 1. The molecular weight excluding hydrogens is 355 g/mol. The Morgan fingerprint density at radius 1 is 1.00 bits per heavy atom. The first-order chi connectivity index (χ1) is 11.1. The molecule has 0 bridgehead atoms. The first-order valence-corrected chi connectivity index (χ1v) is 8.15. The van der Waals surface area contributed by atoms with E-state index in [1.807, 2.05) is 11.4 Å². The molecule has 1 aromatic carbocycles. The SMILES string of the molecule is O=C(Nc1ccc(Nc2cc(Cl)cc(Cl)c2)nn1)c1cccs1. The first kappa shape index (κ1) is 15.7. The van der Waals surface area contributed by atoms with Crippen molar-refractivity contribution in [3.05, 3.63) is 62.8 Å². The normalized spacial score (nSPS) is 10.3. The third-order valence-corrected chi connectivity index (χ3v) is 4.09. The van der Waals surface area contributed by atoms with Crippen molar-refractivity contribution in [2.24, 2.45) is 0 Å². The summed E-state index contributed by atoms with van der Waals surface area (Å²) in [6.07, 6.45) is 0. The van der Waals surface area contributed by atoms with E-state index in [1.54, 1.807) is 36.4 Å². The Morgan fingerprint density at radius 2 is 1.70 bits per heavy atom. The summed E-state index contributed by atoms with van der Waals surface area (Å²) in [5, 5.41) is 16.6. The lowest BCUT2D eigenvalue weighted by molar-refractivity contribution is 0.103. The van der Waals surface area contributed by atoms with Crippen LogP contribution in [-0.4, -0.2) is 16.1 Å². The molecule has 0 unspecified atom stereocenters. The molecule has 23 heavy (non-hydrogen) atoms. The van der Waals surface area contributed by atoms with Crippen LogP contribution in [0, 0.1) is 0 Å². The zero-order valence-corrected chi connectivity index (χ0v) is 13.9. The summed E-state index contributed by atoms with van der Waals surface area (Å²) in [6, 6.07) is 12.0. The molecule has 0 saturated carbocycles. The fourth-order valence-corrected chi connectivity index (χ4v) is 2.97. The van der Waals surface area contributed by atoms with Gasteiger partial charge >= 0.3 is 0 Å². The van der Waals surface area contributed by atoms with Gasteiger partial charge in [-0.1, -0.05) is 29.3 Å². The minimum absolute atomic E-state index is 0.211. The van der Waals surface area contributed by atoms with E-state index >= 15 is 0 Å².